The van der Waals surface area contributed by atoms with Gasteiger partial charge in [-0.3, -0.25) is 9.36 Å². The maximum absolute atomic E-state index is 13.3. The Morgan fingerprint density at radius 3 is 2.39 bits per heavy atom. The van der Waals surface area contributed by atoms with Gasteiger partial charge in [-0.2, -0.15) is 0 Å². The summed E-state index contributed by atoms with van der Waals surface area (Å²) < 4.78 is 1.86. The van der Waals surface area contributed by atoms with Crippen LogP contribution in [-0.4, -0.2) is 33.4 Å². The van der Waals surface area contributed by atoms with Gasteiger partial charge in [0.15, 0.2) is 0 Å². The first-order chi connectivity index (χ1) is 15.1. The smallest absolute Gasteiger partial charge is 0.326 e. The highest BCUT2D eigenvalue weighted by Gasteiger charge is 2.27. The number of likely N-dealkylation sites (tertiary alicyclic amines) is 1. The zero-order chi connectivity index (χ0) is 21.4. The number of imidazole rings is 1. The summed E-state index contributed by atoms with van der Waals surface area (Å²) in [5.41, 5.74) is 5.62. The normalized spacial score (nSPS) is 14.8. The number of para-hydroxylation sites is 2. The average Bonchev–Trinajstić information content (AvgIpc) is 3.15. The third-order valence-corrected chi connectivity index (χ3v) is 6.32. The summed E-state index contributed by atoms with van der Waals surface area (Å²) in [6, 6.07) is 24.1. The van der Waals surface area contributed by atoms with Crippen molar-refractivity contribution in [3.63, 3.8) is 0 Å². The first-order valence-corrected chi connectivity index (χ1v) is 10.8. The number of aromatic nitrogens is 2. The van der Waals surface area contributed by atoms with Gasteiger partial charge < -0.3 is 9.88 Å². The standard InChI is InChI=1S/C26H25N3O2/c1-18-11-12-20(19-7-3-2-4-8-19)17-22(18)25(30)28-15-13-21(14-16-28)29-24-10-6-5-9-23(24)27-26(29)31/h2-12,17,21H,13-16H2,1H3,(H,27,31). The fourth-order valence-corrected chi connectivity index (χ4v) is 4.60. The molecule has 0 unspecified atom stereocenters. The average molecular weight is 412 g/mol. The third-order valence-electron chi connectivity index (χ3n) is 6.32. The molecule has 4 aromatic rings. The molecule has 1 aromatic heterocycles. The Kier molecular flexibility index (Phi) is 4.94. The van der Waals surface area contributed by atoms with Crippen molar-refractivity contribution in [3.05, 3.63) is 94.4 Å². The largest absolute Gasteiger partial charge is 0.338 e. The maximum Gasteiger partial charge on any atom is 0.326 e. The lowest BCUT2D eigenvalue weighted by molar-refractivity contribution is 0.0694. The molecule has 31 heavy (non-hydrogen) atoms. The molecule has 2 heterocycles. The van der Waals surface area contributed by atoms with E-state index in [4.69, 9.17) is 0 Å². The molecule has 1 amide bonds. The van der Waals surface area contributed by atoms with Crippen molar-refractivity contribution >= 4 is 16.9 Å². The minimum Gasteiger partial charge on any atom is -0.338 e. The van der Waals surface area contributed by atoms with E-state index >= 15 is 0 Å². The van der Waals surface area contributed by atoms with Gasteiger partial charge in [0.2, 0.25) is 0 Å². The van der Waals surface area contributed by atoms with Crippen LogP contribution in [0, 0.1) is 6.92 Å². The molecule has 1 aliphatic rings. The van der Waals surface area contributed by atoms with Gasteiger partial charge in [0.25, 0.3) is 5.91 Å². The number of nitrogens with one attached hydrogen (secondary N) is 1. The van der Waals surface area contributed by atoms with Gasteiger partial charge in [-0.25, -0.2) is 4.79 Å². The number of carbonyl (C=O) groups is 1. The van der Waals surface area contributed by atoms with E-state index in [1.165, 1.54) is 0 Å². The Hall–Kier alpha value is -3.60. The number of benzene rings is 3. The van der Waals surface area contributed by atoms with E-state index in [2.05, 4.69) is 23.2 Å². The number of H-pyrrole nitrogens is 1. The number of nitrogens with zero attached hydrogens (tertiary/aromatic N) is 2. The van der Waals surface area contributed by atoms with E-state index in [-0.39, 0.29) is 17.6 Å². The second kappa shape index (κ2) is 7.91. The van der Waals surface area contributed by atoms with Gasteiger partial charge in [-0.1, -0.05) is 54.6 Å². The van der Waals surface area contributed by atoms with Gasteiger partial charge >= 0.3 is 5.69 Å². The zero-order valence-corrected chi connectivity index (χ0v) is 17.5. The molecular formula is C26H25N3O2. The molecule has 5 heteroatoms. The van der Waals surface area contributed by atoms with Crippen LogP contribution in [-0.2, 0) is 0 Å². The predicted octanol–water partition coefficient (Wildman–Crippen LogP) is 4.78. The minimum atomic E-state index is -0.0719. The van der Waals surface area contributed by atoms with E-state index in [1.54, 1.807) is 0 Å². The molecule has 0 atom stereocenters. The zero-order valence-electron chi connectivity index (χ0n) is 17.5. The highest BCUT2D eigenvalue weighted by molar-refractivity contribution is 5.97. The summed E-state index contributed by atoms with van der Waals surface area (Å²) in [5.74, 6) is 0.0694. The van der Waals surface area contributed by atoms with E-state index in [1.807, 2.05) is 71.0 Å². The summed E-state index contributed by atoms with van der Waals surface area (Å²) in [6.45, 7) is 3.27. The second-order valence-corrected chi connectivity index (χ2v) is 8.24. The summed E-state index contributed by atoms with van der Waals surface area (Å²) in [6.07, 6.45) is 1.54. The molecule has 1 saturated heterocycles. The number of aromatic amines is 1. The minimum absolute atomic E-state index is 0.0694. The molecule has 0 aliphatic carbocycles. The monoisotopic (exact) mass is 411 g/mol. The van der Waals surface area contributed by atoms with Gasteiger partial charge in [-0.15, -0.1) is 0 Å². The molecule has 5 nitrogen and oxygen atoms in total. The van der Waals surface area contributed by atoms with Crippen LogP contribution in [0.3, 0.4) is 0 Å². The molecule has 0 bridgehead atoms. The van der Waals surface area contributed by atoms with Gasteiger partial charge in [0.05, 0.1) is 11.0 Å². The van der Waals surface area contributed by atoms with Crippen molar-refractivity contribution in [2.45, 2.75) is 25.8 Å². The number of carbonyl (C=O) groups excluding carboxylic acids is 1. The van der Waals surface area contributed by atoms with Crippen LogP contribution in [0.15, 0.2) is 77.6 Å². The first-order valence-electron chi connectivity index (χ1n) is 10.8. The molecular weight excluding hydrogens is 386 g/mol. The van der Waals surface area contributed by atoms with Crippen LogP contribution in [0.25, 0.3) is 22.2 Å². The lowest BCUT2D eigenvalue weighted by Crippen LogP contribution is -2.40. The Balaban J connectivity index is 1.36. The Bertz CT molecular complexity index is 1300. The van der Waals surface area contributed by atoms with E-state index < -0.39 is 0 Å². The second-order valence-electron chi connectivity index (χ2n) is 8.24. The summed E-state index contributed by atoms with van der Waals surface area (Å²) in [4.78, 5) is 30.7. The Morgan fingerprint density at radius 1 is 0.903 bits per heavy atom. The number of amides is 1. The van der Waals surface area contributed by atoms with Gasteiger partial charge in [0.1, 0.15) is 0 Å². The van der Waals surface area contributed by atoms with Crippen molar-refractivity contribution in [3.8, 4) is 11.1 Å². The number of aryl methyl sites for hydroxylation is 1. The van der Waals surface area contributed by atoms with Gasteiger partial charge in [-0.05, 0) is 54.7 Å². The number of hydrogen-bond donors (Lipinski definition) is 1. The van der Waals surface area contributed by atoms with Crippen molar-refractivity contribution < 1.29 is 4.79 Å². The van der Waals surface area contributed by atoms with Crippen LogP contribution in [0.2, 0.25) is 0 Å². The van der Waals surface area contributed by atoms with Crippen LogP contribution in [0.1, 0.15) is 34.8 Å². The molecule has 0 saturated carbocycles. The summed E-state index contributed by atoms with van der Waals surface area (Å²) in [7, 11) is 0. The topological polar surface area (TPSA) is 58.1 Å². The van der Waals surface area contributed by atoms with Crippen LogP contribution in [0.4, 0.5) is 0 Å². The highest BCUT2D eigenvalue weighted by atomic mass is 16.2. The fourth-order valence-electron chi connectivity index (χ4n) is 4.60. The molecule has 1 N–H and O–H groups in total. The first kappa shape index (κ1) is 19.4. The molecule has 1 fully saturated rings. The van der Waals surface area contributed by atoms with E-state index in [9.17, 15) is 9.59 Å². The third kappa shape index (κ3) is 3.56. The molecule has 3 aromatic carbocycles. The fraction of sp³-hybridized carbons (Fsp3) is 0.231. The molecule has 0 radical (unpaired) electrons. The van der Waals surface area contributed by atoms with E-state index in [0.717, 1.165) is 46.1 Å². The van der Waals surface area contributed by atoms with E-state index in [0.29, 0.717) is 13.1 Å². The van der Waals surface area contributed by atoms with Crippen molar-refractivity contribution in [1.82, 2.24) is 14.5 Å². The van der Waals surface area contributed by atoms with Gasteiger partial charge in [0, 0.05) is 24.7 Å². The number of fused-ring (bicyclic) bond motifs is 1. The lowest BCUT2D eigenvalue weighted by Gasteiger charge is -2.33. The van der Waals surface area contributed by atoms with Crippen LogP contribution < -0.4 is 5.69 Å². The summed E-state index contributed by atoms with van der Waals surface area (Å²) in [5, 5.41) is 0. The Labute approximate surface area is 180 Å². The quantitative estimate of drug-likeness (QED) is 0.527. The van der Waals surface area contributed by atoms with Crippen LogP contribution >= 0.6 is 0 Å². The number of hydrogen-bond acceptors (Lipinski definition) is 2. The number of rotatable bonds is 3. The molecule has 156 valence electrons. The maximum atomic E-state index is 13.3. The molecule has 0 spiro atoms. The lowest BCUT2D eigenvalue weighted by atomic mass is 9.97. The van der Waals surface area contributed by atoms with Crippen molar-refractivity contribution in [2.75, 3.05) is 13.1 Å². The SMILES string of the molecule is Cc1ccc(-c2ccccc2)cc1C(=O)N1CCC(n2c(=O)[nH]c3ccccc32)CC1. The van der Waals surface area contributed by atoms with Crippen LogP contribution in [0.5, 0.6) is 0 Å². The molecule has 1 aliphatic heterocycles. The predicted molar refractivity (Wildman–Crippen MR) is 123 cm³/mol. The summed E-state index contributed by atoms with van der Waals surface area (Å²) >= 11 is 0. The van der Waals surface area contributed by atoms with Crippen molar-refractivity contribution in [2.24, 2.45) is 0 Å². The number of piperidine rings is 1. The highest BCUT2D eigenvalue weighted by Crippen LogP contribution is 2.28. The van der Waals surface area contributed by atoms with Crippen molar-refractivity contribution in [1.29, 1.82) is 0 Å². The Morgan fingerprint density at radius 2 is 1.61 bits per heavy atom. The molecule has 5 rings (SSSR count).